The summed E-state index contributed by atoms with van der Waals surface area (Å²) in [5.41, 5.74) is 0.0108. The van der Waals surface area contributed by atoms with Gasteiger partial charge in [-0.2, -0.15) is 0 Å². The summed E-state index contributed by atoms with van der Waals surface area (Å²) in [4.78, 5) is 12.1. The van der Waals surface area contributed by atoms with Gasteiger partial charge in [0.2, 0.25) is 0 Å². The van der Waals surface area contributed by atoms with Crippen LogP contribution in [0.3, 0.4) is 0 Å². The van der Waals surface area contributed by atoms with E-state index in [0.29, 0.717) is 5.92 Å². The topological polar surface area (TPSA) is 61.4 Å². The fourth-order valence-electron chi connectivity index (χ4n) is 3.38. The van der Waals surface area contributed by atoms with E-state index in [4.69, 9.17) is 0 Å². The van der Waals surface area contributed by atoms with E-state index in [1.165, 1.54) is 6.07 Å². The molecule has 3 atom stereocenters. The molecule has 0 radical (unpaired) electrons. The monoisotopic (exact) mass is 278 g/mol. The number of carbonyl (C=O) groups is 1. The van der Waals surface area contributed by atoms with Crippen molar-refractivity contribution in [2.75, 3.05) is 13.1 Å². The molecule has 0 spiro atoms. The van der Waals surface area contributed by atoms with Gasteiger partial charge in [0.1, 0.15) is 11.6 Å². The van der Waals surface area contributed by atoms with Gasteiger partial charge in [-0.15, -0.1) is 0 Å². The summed E-state index contributed by atoms with van der Waals surface area (Å²) >= 11 is 0. The number of amides is 1. The highest BCUT2D eigenvalue weighted by Gasteiger charge is 2.34. The quantitative estimate of drug-likeness (QED) is 0.771. The number of nitrogens with one attached hydrogen (secondary N) is 2. The maximum absolute atomic E-state index is 13.2. The minimum absolute atomic E-state index is 0.0108. The van der Waals surface area contributed by atoms with Crippen molar-refractivity contribution in [3.63, 3.8) is 0 Å². The first kappa shape index (κ1) is 13.4. The lowest BCUT2D eigenvalue weighted by Crippen LogP contribution is -2.40. The summed E-state index contributed by atoms with van der Waals surface area (Å²) in [5, 5.41) is 16.0. The average Bonchev–Trinajstić information content (AvgIpc) is 2.89. The number of benzene rings is 1. The van der Waals surface area contributed by atoms with E-state index in [1.807, 2.05) is 0 Å². The highest BCUT2D eigenvalue weighted by Crippen LogP contribution is 2.32. The molecular weight excluding hydrogens is 259 g/mol. The standard InChI is InChI=1S/C15H19FN2O2/c16-11-2-4-14(19)13(6-11)15(20)18-12-3-1-9-7-17-8-10(9)5-12/h2,4,6,9-10,12,17,19H,1,3,5,7-8H2,(H,18,20)/t9-,10+,12?/m0/s1. The molecule has 20 heavy (non-hydrogen) atoms. The van der Waals surface area contributed by atoms with Crippen LogP contribution in [0.2, 0.25) is 0 Å². The van der Waals surface area contributed by atoms with E-state index in [2.05, 4.69) is 10.6 Å². The number of phenols is 1. The minimum Gasteiger partial charge on any atom is -0.507 e. The molecule has 3 rings (SSSR count). The van der Waals surface area contributed by atoms with Crippen LogP contribution >= 0.6 is 0 Å². The summed E-state index contributed by atoms with van der Waals surface area (Å²) in [6.45, 7) is 2.10. The van der Waals surface area contributed by atoms with Crippen molar-refractivity contribution in [1.29, 1.82) is 0 Å². The van der Waals surface area contributed by atoms with Crippen molar-refractivity contribution < 1.29 is 14.3 Å². The van der Waals surface area contributed by atoms with E-state index in [1.54, 1.807) is 0 Å². The van der Waals surface area contributed by atoms with Crippen LogP contribution in [0.4, 0.5) is 4.39 Å². The maximum Gasteiger partial charge on any atom is 0.255 e. The first-order chi connectivity index (χ1) is 9.63. The molecular formula is C15H19FN2O2. The van der Waals surface area contributed by atoms with Crippen LogP contribution in [0.1, 0.15) is 29.6 Å². The Hall–Kier alpha value is -1.62. The number of phenolic OH excluding ortho intramolecular Hbond substituents is 1. The lowest BCUT2D eigenvalue weighted by atomic mass is 9.79. The highest BCUT2D eigenvalue weighted by molar-refractivity contribution is 5.96. The second-order valence-corrected chi connectivity index (χ2v) is 5.82. The minimum atomic E-state index is -0.517. The molecule has 2 aliphatic rings. The molecule has 0 bridgehead atoms. The molecule has 1 aliphatic carbocycles. The molecule has 1 saturated carbocycles. The predicted molar refractivity (Wildman–Crippen MR) is 73.0 cm³/mol. The SMILES string of the molecule is O=C(NC1CC[C@H]2CNC[C@H]2C1)c1cc(F)ccc1O. The Morgan fingerprint density at radius 1 is 1.30 bits per heavy atom. The Morgan fingerprint density at radius 3 is 2.95 bits per heavy atom. The van der Waals surface area contributed by atoms with Gasteiger partial charge >= 0.3 is 0 Å². The van der Waals surface area contributed by atoms with Crippen LogP contribution in [-0.2, 0) is 0 Å². The number of rotatable bonds is 2. The van der Waals surface area contributed by atoms with E-state index < -0.39 is 11.7 Å². The number of aromatic hydroxyl groups is 1. The van der Waals surface area contributed by atoms with Gasteiger partial charge in [-0.25, -0.2) is 4.39 Å². The van der Waals surface area contributed by atoms with Crippen molar-refractivity contribution in [1.82, 2.24) is 10.6 Å². The normalized spacial score (nSPS) is 28.9. The first-order valence-electron chi connectivity index (χ1n) is 7.13. The van der Waals surface area contributed by atoms with Crippen molar-refractivity contribution in [2.24, 2.45) is 11.8 Å². The van der Waals surface area contributed by atoms with Gasteiger partial charge in [0.15, 0.2) is 0 Å². The molecule has 1 unspecified atom stereocenters. The molecule has 1 aromatic carbocycles. The Balaban J connectivity index is 1.65. The van der Waals surface area contributed by atoms with Crippen LogP contribution < -0.4 is 10.6 Å². The smallest absolute Gasteiger partial charge is 0.255 e. The van der Waals surface area contributed by atoms with Crippen molar-refractivity contribution in [3.8, 4) is 5.75 Å². The molecule has 2 fully saturated rings. The molecule has 1 amide bonds. The molecule has 1 aromatic rings. The van der Waals surface area contributed by atoms with E-state index in [0.717, 1.165) is 50.4 Å². The fourth-order valence-corrected chi connectivity index (χ4v) is 3.38. The molecule has 108 valence electrons. The molecule has 1 aliphatic heterocycles. The summed E-state index contributed by atoms with van der Waals surface area (Å²) in [6.07, 6.45) is 3.02. The number of hydrogen-bond acceptors (Lipinski definition) is 3. The molecule has 0 aromatic heterocycles. The third kappa shape index (κ3) is 2.63. The number of halogens is 1. The molecule has 4 nitrogen and oxygen atoms in total. The highest BCUT2D eigenvalue weighted by atomic mass is 19.1. The zero-order valence-corrected chi connectivity index (χ0v) is 11.2. The average molecular weight is 278 g/mol. The number of carbonyl (C=O) groups excluding carboxylic acids is 1. The summed E-state index contributed by atoms with van der Waals surface area (Å²) in [7, 11) is 0. The zero-order chi connectivity index (χ0) is 14.1. The third-order valence-electron chi connectivity index (χ3n) is 4.49. The van der Waals surface area contributed by atoms with Gasteiger partial charge in [0.25, 0.3) is 5.91 Å². The van der Waals surface area contributed by atoms with Crippen molar-refractivity contribution in [3.05, 3.63) is 29.6 Å². The second-order valence-electron chi connectivity index (χ2n) is 5.82. The molecule has 1 saturated heterocycles. The first-order valence-corrected chi connectivity index (χ1v) is 7.13. The van der Waals surface area contributed by atoms with Gasteiger partial charge in [0.05, 0.1) is 5.56 Å². The largest absolute Gasteiger partial charge is 0.507 e. The van der Waals surface area contributed by atoms with Crippen LogP contribution in [0.5, 0.6) is 5.75 Å². The van der Waals surface area contributed by atoms with Crippen LogP contribution in [0, 0.1) is 17.7 Å². The second kappa shape index (κ2) is 5.40. The predicted octanol–water partition coefficient (Wildman–Crippen LogP) is 1.65. The molecule has 1 heterocycles. The van der Waals surface area contributed by atoms with Gasteiger partial charge < -0.3 is 15.7 Å². The number of hydrogen-bond donors (Lipinski definition) is 3. The summed E-state index contributed by atoms with van der Waals surface area (Å²) < 4.78 is 13.2. The maximum atomic E-state index is 13.2. The summed E-state index contributed by atoms with van der Waals surface area (Å²) in [5.74, 6) is 0.258. The van der Waals surface area contributed by atoms with Crippen molar-refractivity contribution in [2.45, 2.75) is 25.3 Å². The van der Waals surface area contributed by atoms with E-state index in [9.17, 15) is 14.3 Å². The Morgan fingerprint density at radius 2 is 2.10 bits per heavy atom. The van der Waals surface area contributed by atoms with Gasteiger partial charge in [-0.1, -0.05) is 0 Å². The third-order valence-corrected chi connectivity index (χ3v) is 4.49. The zero-order valence-electron chi connectivity index (χ0n) is 11.2. The fraction of sp³-hybridized carbons (Fsp3) is 0.533. The van der Waals surface area contributed by atoms with Crippen LogP contribution in [0.25, 0.3) is 0 Å². The van der Waals surface area contributed by atoms with Gasteiger partial charge in [-0.3, -0.25) is 4.79 Å². The lowest BCUT2D eigenvalue weighted by molar-refractivity contribution is 0.0910. The Kier molecular flexibility index (Phi) is 3.61. The lowest BCUT2D eigenvalue weighted by Gasteiger charge is -2.31. The van der Waals surface area contributed by atoms with Crippen LogP contribution in [0.15, 0.2) is 18.2 Å². The van der Waals surface area contributed by atoms with Gasteiger partial charge in [0, 0.05) is 6.04 Å². The van der Waals surface area contributed by atoms with Crippen LogP contribution in [-0.4, -0.2) is 30.1 Å². The molecule has 5 heteroatoms. The van der Waals surface area contributed by atoms with Crippen molar-refractivity contribution >= 4 is 5.91 Å². The number of fused-ring (bicyclic) bond motifs is 1. The van der Waals surface area contributed by atoms with E-state index in [-0.39, 0.29) is 17.4 Å². The van der Waals surface area contributed by atoms with E-state index >= 15 is 0 Å². The Bertz CT molecular complexity index is 521. The summed E-state index contributed by atoms with van der Waals surface area (Å²) in [6, 6.07) is 3.54. The molecule has 3 N–H and O–H groups in total. The van der Waals surface area contributed by atoms with Gasteiger partial charge in [-0.05, 0) is 62.4 Å². The Labute approximate surface area is 117 Å².